The molecule has 36 nitrogen and oxygen atoms in total. The second kappa shape index (κ2) is 40.1. The Hall–Kier alpha value is -9.25. The summed E-state index contributed by atoms with van der Waals surface area (Å²) in [4.78, 5) is 214. The number of likely N-dealkylation sites (tertiary alicyclic amines) is 2. The molecule has 0 aromatic heterocycles. The van der Waals surface area contributed by atoms with E-state index in [1.807, 2.05) is 5.32 Å². The van der Waals surface area contributed by atoms with Gasteiger partial charge in [0, 0.05) is 39.4 Å². The van der Waals surface area contributed by atoms with Crippen molar-refractivity contribution in [1.29, 1.82) is 0 Å². The molecule has 3 rings (SSSR count). The number of hydrogen-bond donors (Lipinski definition) is 17. The van der Waals surface area contributed by atoms with Gasteiger partial charge < -0.3 is 101 Å². The summed E-state index contributed by atoms with van der Waals surface area (Å²) in [6.07, 6.45) is -0.741. The van der Waals surface area contributed by atoms with Gasteiger partial charge in [-0.3, -0.25) is 76.9 Å². The highest BCUT2D eigenvalue weighted by atomic mass is 16.4. The topological polar surface area (TPSA) is 571 Å². The number of carboxylic acid groups (broad SMARTS) is 4. The second-order valence-electron chi connectivity index (χ2n) is 24.7. The SMILES string of the molecule is CC(=O)O.CC(C)C[C@H](NC(=O)[C@@H]1CCCN1C(=O)[C@@H](NC(=O)[C@@H]1CCCN1C(=O)[C@H](CCC(=O)O)NC(=O)[C@H](C)NC(=O)[C@H](C)NC(=O)[C@@H]1CCCN1)C(C)C)C(=O)N[C@H](C(=O)N[C@@H](CCCN=C(N)N)C(=O)N[C@@H](CCC(N)=O)C(=O)N[C@@H](CC(=O)O)C(=O)O)C(C)C. The maximum atomic E-state index is 14.6. The van der Waals surface area contributed by atoms with E-state index in [0.29, 0.717) is 25.8 Å². The van der Waals surface area contributed by atoms with Crippen LogP contribution in [-0.4, -0.2) is 230 Å². The molecule has 95 heavy (non-hydrogen) atoms. The summed E-state index contributed by atoms with van der Waals surface area (Å²) >= 11 is 0. The van der Waals surface area contributed by atoms with Crippen LogP contribution < -0.4 is 70.4 Å². The number of amides is 12. The normalized spacial score (nSPS) is 18.6. The number of carbonyl (C=O) groups excluding carboxylic acids is 12. The first-order chi connectivity index (χ1) is 44.4. The van der Waals surface area contributed by atoms with Crippen molar-refractivity contribution < 1.29 is 97.1 Å². The number of guanidine groups is 1. The van der Waals surface area contributed by atoms with Gasteiger partial charge in [0.05, 0.1) is 12.5 Å². The number of rotatable bonds is 37. The van der Waals surface area contributed by atoms with Gasteiger partial charge in [-0.1, -0.05) is 41.5 Å². The molecule has 0 spiro atoms. The van der Waals surface area contributed by atoms with Crippen LogP contribution in [0.2, 0.25) is 0 Å². The fraction of sp³-hybridized carbons (Fsp3) is 0.712. The number of nitrogens with one attached hydrogen (secondary N) is 10. The molecule has 0 unspecified atom stereocenters. The summed E-state index contributed by atoms with van der Waals surface area (Å²) in [6, 6.07) is -15.6. The van der Waals surface area contributed by atoms with Crippen LogP contribution in [0.4, 0.5) is 0 Å². The number of primary amides is 1. The zero-order valence-electron chi connectivity index (χ0n) is 55.3. The largest absolute Gasteiger partial charge is 0.481 e. The maximum Gasteiger partial charge on any atom is 0.326 e. The van der Waals surface area contributed by atoms with Gasteiger partial charge in [0.1, 0.15) is 66.5 Å². The molecule has 0 aromatic rings. The van der Waals surface area contributed by atoms with E-state index in [-0.39, 0.29) is 75.9 Å². The van der Waals surface area contributed by atoms with E-state index >= 15 is 0 Å². The molecule has 0 radical (unpaired) electrons. The number of carbonyl (C=O) groups is 16. The summed E-state index contributed by atoms with van der Waals surface area (Å²) in [5.41, 5.74) is 16.2. The molecule has 0 saturated carbocycles. The average Bonchev–Trinajstić information content (AvgIpc) is 1.78. The third-order valence-electron chi connectivity index (χ3n) is 15.5. The number of carboxylic acids is 4. The lowest BCUT2D eigenvalue weighted by Crippen LogP contribution is -2.61. The van der Waals surface area contributed by atoms with Gasteiger partial charge in [-0.2, -0.15) is 0 Å². The standard InChI is InChI=1S/C57H94N16O18.C2H4O2/c1-27(2)25-36(50(84)70-43(28(3)4)53(87)66-33(14-10-22-62-57(59)60)48(82)65-34(17-19-40(58)74)49(83)69-37(56(90)91)26-42(77)78)68-51(85)38-15-12-24-73(38)55(89)44(29(5)6)71-52(86)39-16-11-23-72(39)54(88)35(18-20-41(75)76)67-46(80)31(8)63-45(79)30(7)64-47(81)32-13-9-21-61-32;1-2(3)4/h27-39,43-44,61H,9-26H2,1-8H3,(H2,58,74)(H,63,79)(H,64,81)(H,65,82)(H,66,87)(H,67,80)(H,68,85)(H,69,83)(H,70,84)(H,71,86)(H,75,76)(H,77,78)(H,90,91)(H4,59,60,62);1H3,(H,3,4)/t30-,31-,32-,33-,34-,35-,36-,37-,38-,39-,43-,44-;/m0./s1. The van der Waals surface area contributed by atoms with Crippen molar-refractivity contribution in [2.75, 3.05) is 26.2 Å². The molecule has 36 heteroatoms. The van der Waals surface area contributed by atoms with Gasteiger partial charge in [-0.15, -0.1) is 0 Å². The summed E-state index contributed by atoms with van der Waals surface area (Å²) in [5, 5.41) is 61.4. The summed E-state index contributed by atoms with van der Waals surface area (Å²) in [6.45, 7) is 14.6. The van der Waals surface area contributed by atoms with Crippen molar-refractivity contribution in [2.24, 2.45) is 39.9 Å². The number of aliphatic carboxylic acids is 4. The fourth-order valence-corrected chi connectivity index (χ4v) is 10.5. The Morgan fingerprint density at radius 2 is 0.979 bits per heavy atom. The molecule has 534 valence electrons. The zero-order valence-corrected chi connectivity index (χ0v) is 55.3. The molecule has 3 aliphatic heterocycles. The second-order valence-corrected chi connectivity index (χ2v) is 24.7. The first-order valence-electron chi connectivity index (χ1n) is 31.6. The molecule has 0 bridgehead atoms. The Labute approximate surface area is 550 Å². The number of hydrogen-bond acceptors (Lipinski definition) is 18. The molecular formula is C59H98N16O20. The van der Waals surface area contributed by atoms with Crippen LogP contribution in [-0.2, 0) is 76.7 Å². The van der Waals surface area contributed by atoms with Crippen LogP contribution in [0, 0.1) is 17.8 Å². The number of nitrogens with two attached hydrogens (primary N) is 3. The first kappa shape index (κ1) is 81.8. The van der Waals surface area contributed by atoms with Crippen molar-refractivity contribution in [3.8, 4) is 0 Å². The molecular weight excluding hydrogens is 1250 g/mol. The Morgan fingerprint density at radius 1 is 0.495 bits per heavy atom. The van der Waals surface area contributed by atoms with E-state index in [0.717, 1.165) is 13.3 Å². The van der Waals surface area contributed by atoms with Crippen LogP contribution in [0.5, 0.6) is 0 Å². The molecule has 3 aliphatic rings. The van der Waals surface area contributed by atoms with Crippen LogP contribution >= 0.6 is 0 Å². The molecule has 3 fully saturated rings. The predicted molar refractivity (Wildman–Crippen MR) is 337 cm³/mol. The summed E-state index contributed by atoms with van der Waals surface area (Å²) in [5.74, 6) is -16.9. The summed E-state index contributed by atoms with van der Waals surface area (Å²) < 4.78 is 0. The van der Waals surface area contributed by atoms with E-state index in [4.69, 9.17) is 27.1 Å². The van der Waals surface area contributed by atoms with Crippen LogP contribution in [0.15, 0.2) is 4.99 Å². The molecule has 0 aromatic carbocycles. The highest BCUT2D eigenvalue weighted by molar-refractivity contribution is 6.00. The zero-order chi connectivity index (χ0) is 72.1. The molecule has 3 saturated heterocycles. The lowest BCUT2D eigenvalue weighted by molar-refractivity contribution is -0.147. The van der Waals surface area contributed by atoms with Gasteiger partial charge >= 0.3 is 17.9 Å². The van der Waals surface area contributed by atoms with E-state index in [2.05, 4.69) is 52.8 Å². The van der Waals surface area contributed by atoms with Crippen LogP contribution in [0.25, 0.3) is 0 Å². The van der Waals surface area contributed by atoms with E-state index in [1.54, 1.807) is 41.5 Å². The quantitative estimate of drug-likeness (QED) is 0.0158. The van der Waals surface area contributed by atoms with Crippen LogP contribution in [0.3, 0.4) is 0 Å². The molecule has 12 atom stereocenters. The van der Waals surface area contributed by atoms with Gasteiger partial charge in [0.15, 0.2) is 5.96 Å². The fourth-order valence-electron chi connectivity index (χ4n) is 10.5. The minimum Gasteiger partial charge on any atom is -0.481 e. The minimum absolute atomic E-state index is 0.0268. The van der Waals surface area contributed by atoms with E-state index in [1.165, 1.54) is 23.6 Å². The Balaban J connectivity index is 0.00000745. The van der Waals surface area contributed by atoms with E-state index in [9.17, 15) is 87.2 Å². The third kappa shape index (κ3) is 28.5. The van der Waals surface area contributed by atoms with Gasteiger partial charge in [0.25, 0.3) is 5.97 Å². The van der Waals surface area contributed by atoms with Gasteiger partial charge in [-0.25, -0.2) is 4.79 Å². The van der Waals surface area contributed by atoms with E-state index < -0.39 is 199 Å². The highest BCUT2D eigenvalue weighted by Gasteiger charge is 2.44. The molecule has 0 aliphatic carbocycles. The number of aliphatic imine (C=N–C) groups is 1. The lowest BCUT2D eigenvalue weighted by Gasteiger charge is -2.33. The maximum absolute atomic E-state index is 14.6. The van der Waals surface area contributed by atoms with Gasteiger partial charge in [-0.05, 0) is 109 Å². The lowest BCUT2D eigenvalue weighted by atomic mass is 9.98. The first-order valence-corrected chi connectivity index (χ1v) is 31.6. The molecule has 3 heterocycles. The number of nitrogens with zero attached hydrogens (tertiary/aromatic N) is 3. The highest BCUT2D eigenvalue weighted by Crippen LogP contribution is 2.24. The monoisotopic (exact) mass is 1350 g/mol. The Bertz CT molecular complexity index is 2790. The predicted octanol–water partition coefficient (Wildman–Crippen LogP) is -4.68. The average molecular weight is 1350 g/mol. The van der Waals surface area contributed by atoms with Crippen molar-refractivity contribution >= 4 is 101 Å². The van der Waals surface area contributed by atoms with Gasteiger partial charge in [0.2, 0.25) is 70.9 Å². The van der Waals surface area contributed by atoms with Crippen LogP contribution in [0.1, 0.15) is 152 Å². The Kier molecular flexibility index (Phi) is 34.5. The van der Waals surface area contributed by atoms with Crippen molar-refractivity contribution in [1.82, 2.24) is 63.0 Å². The minimum atomic E-state index is -1.94. The molecule has 12 amide bonds. The Morgan fingerprint density at radius 3 is 1.47 bits per heavy atom. The molecule has 20 N–H and O–H groups in total. The van der Waals surface area contributed by atoms with Crippen molar-refractivity contribution in [2.45, 2.75) is 225 Å². The van der Waals surface area contributed by atoms with Crippen molar-refractivity contribution in [3.63, 3.8) is 0 Å². The van der Waals surface area contributed by atoms with Crippen molar-refractivity contribution in [3.05, 3.63) is 0 Å². The smallest absolute Gasteiger partial charge is 0.326 e. The summed E-state index contributed by atoms with van der Waals surface area (Å²) in [7, 11) is 0. The third-order valence-corrected chi connectivity index (χ3v) is 15.5.